The van der Waals surface area contributed by atoms with Gasteiger partial charge in [0.25, 0.3) is 0 Å². The second kappa shape index (κ2) is 5.02. The maximum absolute atomic E-state index is 6.28. The first-order valence-corrected chi connectivity index (χ1v) is 5.80. The van der Waals surface area contributed by atoms with Crippen LogP contribution in [0.3, 0.4) is 0 Å². The van der Waals surface area contributed by atoms with Gasteiger partial charge in [-0.15, -0.1) is 0 Å². The van der Waals surface area contributed by atoms with Crippen LogP contribution in [-0.4, -0.2) is 7.05 Å². The molecule has 0 amide bonds. The van der Waals surface area contributed by atoms with E-state index in [0.717, 1.165) is 16.8 Å². The highest BCUT2D eigenvalue weighted by atomic mass is 14.8. The van der Waals surface area contributed by atoms with Gasteiger partial charge in [-0.25, -0.2) is 0 Å². The maximum atomic E-state index is 6.28. The van der Waals surface area contributed by atoms with Gasteiger partial charge in [0.05, 0.1) is 6.04 Å². The lowest BCUT2D eigenvalue weighted by molar-refractivity contribution is 0.870. The fourth-order valence-electron chi connectivity index (χ4n) is 1.94. The van der Waals surface area contributed by atoms with Crippen LogP contribution in [0.5, 0.6) is 0 Å². The van der Waals surface area contributed by atoms with Gasteiger partial charge in [0.15, 0.2) is 0 Å². The largest absolute Gasteiger partial charge is 0.388 e. The van der Waals surface area contributed by atoms with Gasteiger partial charge in [0, 0.05) is 12.7 Å². The van der Waals surface area contributed by atoms with E-state index >= 15 is 0 Å². The molecule has 1 atom stereocenters. The van der Waals surface area contributed by atoms with Crippen molar-refractivity contribution in [2.75, 3.05) is 12.4 Å². The van der Waals surface area contributed by atoms with Crippen molar-refractivity contribution < 1.29 is 0 Å². The van der Waals surface area contributed by atoms with Crippen LogP contribution in [0.15, 0.2) is 48.5 Å². The van der Waals surface area contributed by atoms with Crippen LogP contribution in [0.25, 0.3) is 0 Å². The van der Waals surface area contributed by atoms with E-state index < -0.39 is 0 Å². The standard InChI is InChI=1S/C15H18N2/c1-11-5-3-6-12(9-11)15(16)13-7-4-8-14(10-13)17-2/h3-10,15,17H,16H2,1-2H3. The molecule has 0 radical (unpaired) electrons. The Hall–Kier alpha value is -1.80. The number of hydrogen-bond acceptors (Lipinski definition) is 2. The van der Waals surface area contributed by atoms with E-state index in [2.05, 4.69) is 42.6 Å². The molecule has 0 bridgehead atoms. The molecule has 0 aromatic heterocycles. The molecular formula is C15H18N2. The summed E-state index contributed by atoms with van der Waals surface area (Å²) in [5.41, 5.74) is 10.9. The summed E-state index contributed by atoms with van der Waals surface area (Å²) in [5.74, 6) is 0. The molecule has 88 valence electrons. The van der Waals surface area contributed by atoms with E-state index in [1.807, 2.05) is 25.2 Å². The summed E-state index contributed by atoms with van der Waals surface area (Å²) in [6, 6.07) is 16.5. The number of anilines is 1. The number of nitrogens with one attached hydrogen (secondary N) is 1. The smallest absolute Gasteiger partial charge is 0.0552 e. The third-order valence-corrected chi connectivity index (χ3v) is 2.94. The molecule has 2 heteroatoms. The predicted molar refractivity (Wildman–Crippen MR) is 73.2 cm³/mol. The Morgan fingerprint density at radius 1 is 1.00 bits per heavy atom. The fourth-order valence-corrected chi connectivity index (χ4v) is 1.94. The summed E-state index contributed by atoms with van der Waals surface area (Å²) in [6.07, 6.45) is 0. The topological polar surface area (TPSA) is 38.0 Å². The molecule has 0 spiro atoms. The molecule has 2 rings (SSSR count). The minimum absolute atomic E-state index is 0.0665. The molecular weight excluding hydrogens is 208 g/mol. The molecule has 2 aromatic carbocycles. The second-order valence-electron chi connectivity index (χ2n) is 4.27. The molecule has 0 aliphatic heterocycles. The molecule has 3 N–H and O–H groups in total. The zero-order valence-electron chi connectivity index (χ0n) is 10.3. The number of nitrogens with two attached hydrogens (primary N) is 1. The quantitative estimate of drug-likeness (QED) is 0.844. The highest BCUT2D eigenvalue weighted by molar-refractivity contribution is 5.47. The Bertz CT molecular complexity index is 506. The van der Waals surface area contributed by atoms with Gasteiger partial charge in [-0.3, -0.25) is 0 Å². The lowest BCUT2D eigenvalue weighted by Crippen LogP contribution is -2.12. The van der Waals surface area contributed by atoms with E-state index in [1.54, 1.807) is 0 Å². The molecule has 0 heterocycles. The van der Waals surface area contributed by atoms with Crippen molar-refractivity contribution in [1.29, 1.82) is 0 Å². The molecule has 2 aromatic rings. The third kappa shape index (κ3) is 2.66. The first-order chi connectivity index (χ1) is 8.20. The van der Waals surface area contributed by atoms with E-state index in [4.69, 9.17) is 5.73 Å². The molecule has 0 aliphatic rings. The monoisotopic (exact) mass is 226 g/mol. The van der Waals surface area contributed by atoms with Crippen molar-refractivity contribution in [2.24, 2.45) is 5.73 Å². The zero-order chi connectivity index (χ0) is 12.3. The van der Waals surface area contributed by atoms with Crippen molar-refractivity contribution in [2.45, 2.75) is 13.0 Å². The lowest BCUT2D eigenvalue weighted by atomic mass is 9.98. The third-order valence-electron chi connectivity index (χ3n) is 2.94. The molecule has 17 heavy (non-hydrogen) atoms. The predicted octanol–water partition coefficient (Wildman–Crippen LogP) is 3.08. The van der Waals surface area contributed by atoms with Crippen molar-refractivity contribution in [1.82, 2.24) is 0 Å². The minimum Gasteiger partial charge on any atom is -0.388 e. The van der Waals surface area contributed by atoms with Gasteiger partial charge in [0.2, 0.25) is 0 Å². The SMILES string of the molecule is CNc1cccc(C(N)c2cccc(C)c2)c1. The van der Waals surface area contributed by atoms with Crippen LogP contribution in [-0.2, 0) is 0 Å². The summed E-state index contributed by atoms with van der Waals surface area (Å²) >= 11 is 0. The van der Waals surface area contributed by atoms with Gasteiger partial charge >= 0.3 is 0 Å². The first-order valence-electron chi connectivity index (χ1n) is 5.80. The lowest BCUT2D eigenvalue weighted by Gasteiger charge is -2.14. The van der Waals surface area contributed by atoms with Crippen LogP contribution in [0.1, 0.15) is 22.7 Å². The molecule has 0 aliphatic carbocycles. The first kappa shape index (κ1) is 11.7. The molecule has 0 saturated heterocycles. The van der Waals surface area contributed by atoms with Gasteiger partial charge in [0.1, 0.15) is 0 Å². The Kier molecular flexibility index (Phi) is 3.45. The fraction of sp³-hybridized carbons (Fsp3) is 0.200. The van der Waals surface area contributed by atoms with E-state index in [0.29, 0.717) is 0 Å². The van der Waals surface area contributed by atoms with Crippen LogP contribution >= 0.6 is 0 Å². The van der Waals surface area contributed by atoms with Crippen LogP contribution in [0, 0.1) is 6.92 Å². The van der Waals surface area contributed by atoms with E-state index in [9.17, 15) is 0 Å². The molecule has 0 saturated carbocycles. The Morgan fingerprint density at radius 2 is 1.65 bits per heavy atom. The van der Waals surface area contributed by atoms with Crippen LogP contribution in [0.4, 0.5) is 5.69 Å². The average Bonchev–Trinajstić information content (AvgIpc) is 2.38. The van der Waals surface area contributed by atoms with Gasteiger partial charge < -0.3 is 11.1 Å². The summed E-state index contributed by atoms with van der Waals surface area (Å²) in [7, 11) is 1.91. The number of aryl methyl sites for hydroxylation is 1. The van der Waals surface area contributed by atoms with Crippen LogP contribution in [0.2, 0.25) is 0 Å². The van der Waals surface area contributed by atoms with Gasteiger partial charge in [-0.2, -0.15) is 0 Å². The highest BCUT2D eigenvalue weighted by Crippen LogP contribution is 2.22. The van der Waals surface area contributed by atoms with Crippen molar-refractivity contribution in [3.05, 3.63) is 65.2 Å². The maximum Gasteiger partial charge on any atom is 0.0552 e. The van der Waals surface area contributed by atoms with Gasteiger partial charge in [-0.1, -0.05) is 42.0 Å². The Labute approximate surface area is 102 Å². The molecule has 0 fully saturated rings. The van der Waals surface area contributed by atoms with E-state index in [1.165, 1.54) is 5.56 Å². The number of benzene rings is 2. The summed E-state index contributed by atoms with van der Waals surface area (Å²) in [4.78, 5) is 0. The molecule has 1 unspecified atom stereocenters. The normalized spacial score (nSPS) is 12.2. The van der Waals surface area contributed by atoms with Crippen molar-refractivity contribution in [3.8, 4) is 0 Å². The average molecular weight is 226 g/mol. The zero-order valence-corrected chi connectivity index (χ0v) is 10.3. The Morgan fingerprint density at radius 3 is 2.29 bits per heavy atom. The Balaban J connectivity index is 2.33. The number of rotatable bonds is 3. The van der Waals surface area contributed by atoms with Crippen LogP contribution < -0.4 is 11.1 Å². The van der Waals surface area contributed by atoms with Crippen molar-refractivity contribution in [3.63, 3.8) is 0 Å². The minimum atomic E-state index is -0.0665. The van der Waals surface area contributed by atoms with Crippen molar-refractivity contribution >= 4 is 5.69 Å². The molecule has 2 nitrogen and oxygen atoms in total. The summed E-state index contributed by atoms with van der Waals surface area (Å²) in [5, 5.41) is 3.13. The second-order valence-corrected chi connectivity index (χ2v) is 4.27. The summed E-state index contributed by atoms with van der Waals surface area (Å²) < 4.78 is 0. The van der Waals surface area contributed by atoms with Gasteiger partial charge in [-0.05, 0) is 30.2 Å². The van der Waals surface area contributed by atoms with E-state index in [-0.39, 0.29) is 6.04 Å². The summed E-state index contributed by atoms with van der Waals surface area (Å²) in [6.45, 7) is 2.08. The number of hydrogen-bond donors (Lipinski definition) is 2. The highest BCUT2D eigenvalue weighted by Gasteiger charge is 2.08.